The molecule has 0 aromatic carbocycles. The van der Waals surface area contributed by atoms with Crippen LogP contribution in [-0.4, -0.2) is 24.5 Å². The van der Waals surface area contributed by atoms with Crippen LogP contribution >= 0.6 is 11.6 Å². The largest absolute Gasteiger partial charge is 0.353 e. The topological polar surface area (TPSA) is 31.4 Å². The van der Waals surface area contributed by atoms with Crippen molar-refractivity contribution in [3.05, 3.63) is 28.5 Å². The zero-order valence-corrected chi connectivity index (χ0v) is 10.9. The zero-order valence-electron chi connectivity index (χ0n) is 10.1. The number of pyridine rings is 1. The highest BCUT2D eigenvalue weighted by Crippen LogP contribution is 2.18. The predicted molar refractivity (Wildman–Crippen MR) is 67.2 cm³/mol. The number of ether oxygens (including phenoxy) is 2. The van der Waals surface area contributed by atoms with Crippen molar-refractivity contribution in [1.82, 2.24) is 4.98 Å². The summed E-state index contributed by atoms with van der Waals surface area (Å²) in [5.74, 6) is 0. The van der Waals surface area contributed by atoms with Crippen LogP contribution in [0.3, 0.4) is 0 Å². The van der Waals surface area contributed by atoms with Crippen molar-refractivity contribution in [3.8, 4) is 0 Å². The van der Waals surface area contributed by atoms with E-state index in [9.17, 15) is 0 Å². The van der Waals surface area contributed by atoms with Gasteiger partial charge in [0.25, 0.3) is 0 Å². The van der Waals surface area contributed by atoms with Gasteiger partial charge >= 0.3 is 0 Å². The minimum atomic E-state index is -0.0126. The Labute approximate surface area is 107 Å². The minimum absolute atomic E-state index is 0.0126. The summed E-state index contributed by atoms with van der Waals surface area (Å²) < 4.78 is 11.2. The first-order chi connectivity index (χ1) is 8.27. The molecule has 1 aromatic rings. The summed E-state index contributed by atoms with van der Waals surface area (Å²) in [7, 11) is 0. The Morgan fingerprint density at radius 2 is 2.41 bits per heavy atom. The van der Waals surface area contributed by atoms with Gasteiger partial charge in [-0.2, -0.15) is 0 Å². The van der Waals surface area contributed by atoms with Gasteiger partial charge in [0, 0.05) is 12.8 Å². The maximum atomic E-state index is 5.96. The fraction of sp³-hybridized carbons (Fsp3) is 0.615. The van der Waals surface area contributed by atoms with Gasteiger partial charge in [0.2, 0.25) is 0 Å². The van der Waals surface area contributed by atoms with Crippen LogP contribution in [-0.2, 0) is 15.9 Å². The predicted octanol–water partition coefficient (Wildman–Crippen LogP) is 3.13. The zero-order chi connectivity index (χ0) is 12.1. The third kappa shape index (κ3) is 3.66. The highest BCUT2D eigenvalue weighted by molar-refractivity contribution is 6.30. The third-order valence-corrected chi connectivity index (χ3v) is 3.45. The summed E-state index contributed by atoms with van der Waals surface area (Å²) >= 11 is 5.96. The van der Waals surface area contributed by atoms with E-state index in [1.807, 2.05) is 13.0 Å². The average Bonchev–Trinajstić information content (AvgIpc) is 2.36. The number of hydrogen-bond acceptors (Lipinski definition) is 3. The van der Waals surface area contributed by atoms with Gasteiger partial charge in [0.05, 0.1) is 6.61 Å². The molecule has 17 heavy (non-hydrogen) atoms. The fourth-order valence-electron chi connectivity index (χ4n) is 1.96. The van der Waals surface area contributed by atoms with Crippen LogP contribution in [0.1, 0.15) is 30.4 Å². The van der Waals surface area contributed by atoms with Crippen molar-refractivity contribution in [2.45, 2.75) is 38.9 Å². The molecule has 4 heteroatoms. The first kappa shape index (κ1) is 12.8. The molecule has 1 aromatic heterocycles. The van der Waals surface area contributed by atoms with Gasteiger partial charge in [-0.1, -0.05) is 11.6 Å². The monoisotopic (exact) mass is 255 g/mol. The van der Waals surface area contributed by atoms with Crippen molar-refractivity contribution in [2.24, 2.45) is 0 Å². The summed E-state index contributed by atoms with van der Waals surface area (Å²) in [6.45, 7) is 3.48. The second kappa shape index (κ2) is 6.34. The molecule has 0 amide bonds. The van der Waals surface area contributed by atoms with Crippen LogP contribution in [0.4, 0.5) is 0 Å². The van der Waals surface area contributed by atoms with Crippen molar-refractivity contribution < 1.29 is 9.47 Å². The quantitative estimate of drug-likeness (QED) is 0.775. The molecule has 94 valence electrons. The van der Waals surface area contributed by atoms with Gasteiger partial charge in [-0.25, -0.2) is 4.98 Å². The molecule has 1 aliphatic rings. The van der Waals surface area contributed by atoms with E-state index in [1.165, 1.54) is 12.0 Å². The van der Waals surface area contributed by atoms with Gasteiger partial charge in [0.15, 0.2) is 6.29 Å². The minimum Gasteiger partial charge on any atom is -0.353 e. The fourth-order valence-corrected chi connectivity index (χ4v) is 2.14. The Hall–Kier alpha value is -0.640. The molecule has 0 bridgehead atoms. The standard InChI is InChI=1S/C13H18ClNO2/c1-10-11(5-7-15-13(10)14)6-9-17-12-4-2-3-8-16-12/h5,7,12H,2-4,6,8-9H2,1H3. The van der Waals surface area contributed by atoms with Gasteiger partial charge in [-0.15, -0.1) is 0 Å². The van der Waals surface area contributed by atoms with Crippen LogP contribution in [0.2, 0.25) is 5.15 Å². The lowest BCUT2D eigenvalue weighted by Crippen LogP contribution is -2.23. The number of rotatable bonds is 4. The highest BCUT2D eigenvalue weighted by atomic mass is 35.5. The SMILES string of the molecule is Cc1c(CCOC2CCCCO2)ccnc1Cl. The van der Waals surface area contributed by atoms with E-state index in [1.54, 1.807) is 6.20 Å². The molecule has 1 aliphatic heterocycles. The van der Waals surface area contributed by atoms with E-state index < -0.39 is 0 Å². The Balaban J connectivity index is 1.79. The van der Waals surface area contributed by atoms with Crippen LogP contribution in [0, 0.1) is 6.92 Å². The van der Waals surface area contributed by atoms with Gasteiger partial charge in [-0.05, 0) is 49.8 Å². The van der Waals surface area contributed by atoms with Gasteiger partial charge in [-0.3, -0.25) is 0 Å². The number of hydrogen-bond donors (Lipinski definition) is 0. The van der Waals surface area contributed by atoms with Crippen LogP contribution < -0.4 is 0 Å². The first-order valence-corrected chi connectivity index (χ1v) is 6.48. The number of halogens is 1. The van der Waals surface area contributed by atoms with Crippen LogP contribution in [0.25, 0.3) is 0 Å². The molecule has 0 N–H and O–H groups in total. The molecule has 2 rings (SSSR count). The highest BCUT2D eigenvalue weighted by Gasteiger charge is 2.13. The molecule has 0 radical (unpaired) electrons. The summed E-state index contributed by atoms with van der Waals surface area (Å²) in [6, 6.07) is 1.99. The third-order valence-electron chi connectivity index (χ3n) is 3.07. The maximum absolute atomic E-state index is 5.96. The molecule has 0 saturated carbocycles. The Bertz CT molecular complexity index is 364. The number of nitrogens with zero attached hydrogens (tertiary/aromatic N) is 1. The van der Waals surface area contributed by atoms with Crippen LogP contribution in [0.5, 0.6) is 0 Å². The molecule has 1 unspecified atom stereocenters. The molecular formula is C13H18ClNO2. The van der Waals surface area contributed by atoms with E-state index in [0.29, 0.717) is 11.8 Å². The molecule has 1 fully saturated rings. The lowest BCUT2D eigenvalue weighted by atomic mass is 10.1. The smallest absolute Gasteiger partial charge is 0.157 e. The molecule has 1 atom stereocenters. The Morgan fingerprint density at radius 3 is 3.18 bits per heavy atom. The Morgan fingerprint density at radius 1 is 1.53 bits per heavy atom. The molecule has 2 heterocycles. The van der Waals surface area contributed by atoms with Gasteiger partial charge < -0.3 is 9.47 Å². The van der Waals surface area contributed by atoms with E-state index in [-0.39, 0.29) is 6.29 Å². The van der Waals surface area contributed by atoms with E-state index in [0.717, 1.165) is 31.4 Å². The molecular weight excluding hydrogens is 238 g/mol. The normalized spacial score (nSPS) is 20.5. The second-order valence-electron chi connectivity index (χ2n) is 4.30. The van der Waals surface area contributed by atoms with Crippen molar-refractivity contribution in [2.75, 3.05) is 13.2 Å². The maximum Gasteiger partial charge on any atom is 0.157 e. The Kier molecular flexibility index (Phi) is 4.77. The summed E-state index contributed by atoms with van der Waals surface area (Å²) in [6.07, 6.45) is 5.94. The lowest BCUT2D eigenvalue weighted by molar-refractivity contribution is -0.161. The van der Waals surface area contributed by atoms with Gasteiger partial charge in [0.1, 0.15) is 5.15 Å². The summed E-state index contributed by atoms with van der Waals surface area (Å²) in [5.41, 5.74) is 2.24. The van der Waals surface area contributed by atoms with E-state index in [2.05, 4.69) is 4.98 Å². The van der Waals surface area contributed by atoms with E-state index in [4.69, 9.17) is 21.1 Å². The lowest BCUT2D eigenvalue weighted by Gasteiger charge is -2.22. The average molecular weight is 256 g/mol. The van der Waals surface area contributed by atoms with E-state index >= 15 is 0 Å². The summed E-state index contributed by atoms with van der Waals surface area (Å²) in [5, 5.41) is 0.580. The van der Waals surface area contributed by atoms with Crippen molar-refractivity contribution >= 4 is 11.6 Å². The van der Waals surface area contributed by atoms with Crippen molar-refractivity contribution in [3.63, 3.8) is 0 Å². The van der Waals surface area contributed by atoms with Crippen molar-refractivity contribution in [1.29, 1.82) is 0 Å². The second-order valence-corrected chi connectivity index (χ2v) is 4.66. The number of aromatic nitrogens is 1. The molecule has 0 aliphatic carbocycles. The van der Waals surface area contributed by atoms with Crippen LogP contribution in [0.15, 0.2) is 12.3 Å². The first-order valence-electron chi connectivity index (χ1n) is 6.10. The summed E-state index contributed by atoms with van der Waals surface area (Å²) in [4.78, 5) is 4.04. The molecule has 3 nitrogen and oxygen atoms in total. The molecule has 1 saturated heterocycles. The molecule has 0 spiro atoms.